The molecule has 0 saturated heterocycles. The number of rotatable bonds is 3. The van der Waals surface area contributed by atoms with Crippen molar-refractivity contribution in [1.82, 2.24) is 0 Å². The number of anilines is 1. The van der Waals surface area contributed by atoms with E-state index in [1.54, 1.807) is 32.9 Å². The summed E-state index contributed by atoms with van der Waals surface area (Å²) in [5, 5.41) is 11.8. The lowest BCUT2D eigenvalue weighted by Gasteiger charge is -2.08. The fraction of sp³-hybridized carbons (Fsp3) is 0.250. The number of hydrogen-bond donors (Lipinski definition) is 2. The van der Waals surface area contributed by atoms with Gasteiger partial charge in [-0.3, -0.25) is 4.79 Å². The molecule has 5 nitrogen and oxygen atoms in total. The zero-order valence-electron chi connectivity index (χ0n) is 12.4. The second kappa shape index (κ2) is 5.44. The SMILES string of the molecule is Cc1ccc(NC(=O)c2c(C)oc(C)c2C)cc1C(=O)O. The van der Waals surface area contributed by atoms with Crippen molar-refractivity contribution in [2.45, 2.75) is 27.7 Å². The van der Waals surface area contributed by atoms with E-state index in [1.165, 1.54) is 6.07 Å². The first-order valence-corrected chi connectivity index (χ1v) is 6.53. The predicted octanol–water partition coefficient (Wildman–Crippen LogP) is 3.46. The van der Waals surface area contributed by atoms with Crippen LogP contribution < -0.4 is 5.32 Å². The Morgan fingerprint density at radius 1 is 1.10 bits per heavy atom. The van der Waals surface area contributed by atoms with Crippen LogP contribution in [0.2, 0.25) is 0 Å². The third-order valence-corrected chi connectivity index (χ3v) is 3.51. The van der Waals surface area contributed by atoms with Gasteiger partial charge in [-0.15, -0.1) is 0 Å². The van der Waals surface area contributed by atoms with E-state index in [2.05, 4.69) is 5.32 Å². The molecule has 0 radical (unpaired) electrons. The molecule has 1 aromatic carbocycles. The quantitative estimate of drug-likeness (QED) is 0.906. The van der Waals surface area contributed by atoms with Crippen LogP contribution in [0.5, 0.6) is 0 Å². The van der Waals surface area contributed by atoms with E-state index in [0.717, 1.165) is 5.56 Å². The molecule has 21 heavy (non-hydrogen) atoms. The van der Waals surface area contributed by atoms with Crippen LogP contribution in [0.25, 0.3) is 0 Å². The molecule has 0 spiro atoms. The lowest BCUT2D eigenvalue weighted by Crippen LogP contribution is -2.14. The maximum absolute atomic E-state index is 12.3. The topological polar surface area (TPSA) is 79.5 Å². The van der Waals surface area contributed by atoms with Crippen LogP contribution in [-0.2, 0) is 0 Å². The largest absolute Gasteiger partial charge is 0.478 e. The Hall–Kier alpha value is -2.56. The van der Waals surface area contributed by atoms with Gasteiger partial charge in [-0.1, -0.05) is 6.07 Å². The minimum atomic E-state index is -1.02. The van der Waals surface area contributed by atoms with E-state index < -0.39 is 5.97 Å². The fourth-order valence-electron chi connectivity index (χ4n) is 2.25. The summed E-state index contributed by atoms with van der Waals surface area (Å²) < 4.78 is 5.43. The first kappa shape index (κ1) is 14.8. The van der Waals surface area contributed by atoms with E-state index >= 15 is 0 Å². The van der Waals surface area contributed by atoms with Crippen LogP contribution in [0.1, 0.15) is 43.4 Å². The number of carboxylic acids is 1. The van der Waals surface area contributed by atoms with E-state index in [9.17, 15) is 9.59 Å². The molecular weight excluding hydrogens is 270 g/mol. The van der Waals surface area contributed by atoms with Crippen molar-refractivity contribution < 1.29 is 19.1 Å². The number of furan rings is 1. The van der Waals surface area contributed by atoms with Crippen molar-refractivity contribution in [3.63, 3.8) is 0 Å². The average Bonchev–Trinajstić information content (AvgIpc) is 2.65. The maximum Gasteiger partial charge on any atom is 0.336 e. The lowest BCUT2D eigenvalue weighted by molar-refractivity contribution is 0.0695. The number of carboxylic acid groups (broad SMARTS) is 1. The minimum absolute atomic E-state index is 0.171. The molecule has 0 fully saturated rings. The van der Waals surface area contributed by atoms with Crippen LogP contribution in [0.3, 0.4) is 0 Å². The van der Waals surface area contributed by atoms with Gasteiger partial charge in [0.05, 0.1) is 11.1 Å². The molecule has 1 amide bonds. The van der Waals surface area contributed by atoms with Gasteiger partial charge in [-0.05, 0) is 45.4 Å². The Balaban J connectivity index is 2.32. The third-order valence-electron chi connectivity index (χ3n) is 3.51. The van der Waals surface area contributed by atoms with Gasteiger partial charge in [-0.2, -0.15) is 0 Å². The number of aromatic carboxylic acids is 1. The van der Waals surface area contributed by atoms with Crippen LogP contribution in [0, 0.1) is 27.7 Å². The molecule has 1 heterocycles. The van der Waals surface area contributed by atoms with Crippen molar-refractivity contribution in [2.24, 2.45) is 0 Å². The molecule has 0 aliphatic carbocycles. The molecule has 1 aromatic heterocycles. The standard InChI is InChI=1S/C16H17NO4/c1-8-5-6-12(7-13(8)16(19)20)17-15(18)14-9(2)10(3)21-11(14)4/h5-7H,1-4H3,(H,17,18)(H,19,20). The molecular formula is C16H17NO4. The molecule has 110 valence electrons. The number of benzene rings is 1. The van der Waals surface area contributed by atoms with Crippen molar-refractivity contribution in [1.29, 1.82) is 0 Å². The van der Waals surface area contributed by atoms with Gasteiger partial charge in [0.1, 0.15) is 11.5 Å². The Bertz CT molecular complexity index is 728. The van der Waals surface area contributed by atoms with Crippen LogP contribution >= 0.6 is 0 Å². The molecule has 0 unspecified atom stereocenters. The van der Waals surface area contributed by atoms with E-state index in [1.807, 2.05) is 6.92 Å². The average molecular weight is 287 g/mol. The number of carbonyl (C=O) groups is 2. The number of nitrogens with one attached hydrogen (secondary N) is 1. The van der Waals surface area contributed by atoms with Crippen molar-refractivity contribution >= 4 is 17.6 Å². The summed E-state index contributed by atoms with van der Waals surface area (Å²) in [6.07, 6.45) is 0. The number of carbonyl (C=O) groups excluding carboxylic acids is 1. The molecule has 0 atom stereocenters. The van der Waals surface area contributed by atoms with Gasteiger partial charge >= 0.3 is 5.97 Å². The maximum atomic E-state index is 12.3. The van der Waals surface area contributed by atoms with Crippen molar-refractivity contribution in [3.8, 4) is 0 Å². The molecule has 2 aromatic rings. The van der Waals surface area contributed by atoms with E-state index in [0.29, 0.717) is 28.3 Å². The highest BCUT2D eigenvalue weighted by atomic mass is 16.4. The molecule has 5 heteroatoms. The first-order valence-electron chi connectivity index (χ1n) is 6.53. The van der Waals surface area contributed by atoms with Crippen molar-refractivity contribution in [2.75, 3.05) is 5.32 Å². The zero-order valence-corrected chi connectivity index (χ0v) is 12.4. The molecule has 2 N–H and O–H groups in total. The highest BCUT2D eigenvalue weighted by Gasteiger charge is 2.19. The smallest absolute Gasteiger partial charge is 0.336 e. The normalized spacial score (nSPS) is 10.5. The molecule has 0 aliphatic heterocycles. The van der Waals surface area contributed by atoms with Crippen molar-refractivity contribution in [3.05, 3.63) is 52.0 Å². The third kappa shape index (κ3) is 2.81. The van der Waals surface area contributed by atoms with Gasteiger partial charge < -0.3 is 14.8 Å². The summed E-state index contributed by atoms with van der Waals surface area (Å²) in [4.78, 5) is 23.4. The molecule has 0 saturated carbocycles. The summed E-state index contributed by atoms with van der Waals surface area (Å²) >= 11 is 0. The second-order valence-corrected chi connectivity index (χ2v) is 5.00. The van der Waals surface area contributed by atoms with Gasteiger partial charge in [0.15, 0.2) is 0 Å². The highest BCUT2D eigenvalue weighted by molar-refractivity contribution is 6.06. The van der Waals surface area contributed by atoms with Crippen LogP contribution in [0.4, 0.5) is 5.69 Å². The van der Waals surface area contributed by atoms with E-state index in [4.69, 9.17) is 9.52 Å². The predicted molar refractivity (Wildman–Crippen MR) is 79.0 cm³/mol. The van der Waals surface area contributed by atoms with Gasteiger partial charge in [0, 0.05) is 11.3 Å². The number of hydrogen-bond acceptors (Lipinski definition) is 3. The Morgan fingerprint density at radius 3 is 2.29 bits per heavy atom. The summed E-state index contributed by atoms with van der Waals surface area (Å²) in [7, 11) is 0. The zero-order chi connectivity index (χ0) is 15.7. The van der Waals surface area contributed by atoms with Gasteiger partial charge in [0.2, 0.25) is 0 Å². The number of amides is 1. The van der Waals surface area contributed by atoms with Gasteiger partial charge in [0.25, 0.3) is 5.91 Å². The fourth-order valence-corrected chi connectivity index (χ4v) is 2.25. The number of aryl methyl sites for hydroxylation is 3. The molecule has 0 bridgehead atoms. The summed E-state index contributed by atoms with van der Waals surface area (Å²) in [6.45, 7) is 7.06. The van der Waals surface area contributed by atoms with Crippen LogP contribution in [0.15, 0.2) is 22.6 Å². The summed E-state index contributed by atoms with van der Waals surface area (Å²) in [5.41, 5.74) is 2.54. The Labute approximate surface area is 122 Å². The van der Waals surface area contributed by atoms with Crippen LogP contribution in [-0.4, -0.2) is 17.0 Å². The summed E-state index contributed by atoms with van der Waals surface area (Å²) in [5.74, 6) is -0.0713. The first-order chi connectivity index (χ1) is 9.81. The monoisotopic (exact) mass is 287 g/mol. The highest BCUT2D eigenvalue weighted by Crippen LogP contribution is 2.23. The molecule has 0 aliphatic rings. The van der Waals surface area contributed by atoms with Gasteiger partial charge in [-0.25, -0.2) is 4.79 Å². The summed E-state index contributed by atoms with van der Waals surface area (Å²) in [6, 6.07) is 4.80. The second-order valence-electron chi connectivity index (χ2n) is 5.00. The Morgan fingerprint density at radius 2 is 1.76 bits per heavy atom. The lowest BCUT2D eigenvalue weighted by atomic mass is 10.1. The Kier molecular flexibility index (Phi) is 3.84. The van der Waals surface area contributed by atoms with E-state index in [-0.39, 0.29) is 11.5 Å². The molecule has 2 rings (SSSR count). The minimum Gasteiger partial charge on any atom is -0.478 e.